The number of rotatable bonds is 1. The number of carbonyl (C=O) groups excluding carboxylic acids is 1. The molecule has 0 spiro atoms. The lowest BCUT2D eigenvalue weighted by molar-refractivity contribution is -0.141. The summed E-state index contributed by atoms with van der Waals surface area (Å²) < 4.78 is 43.3. The van der Waals surface area contributed by atoms with Crippen molar-refractivity contribution in [1.82, 2.24) is 5.32 Å². The standard InChI is InChI=1S/C11H10F3NO2/c12-11(13,14)8-4-2-1-3-7(8)9-5-15-10(16)6-17-9/h1-4,9H,5-6H2,(H,15,16)/t9-/m0/s1. The van der Waals surface area contributed by atoms with Gasteiger partial charge in [-0.15, -0.1) is 0 Å². The molecule has 0 aromatic heterocycles. The molecule has 1 atom stereocenters. The molecule has 92 valence electrons. The smallest absolute Gasteiger partial charge is 0.362 e. The van der Waals surface area contributed by atoms with Crippen LogP contribution in [-0.4, -0.2) is 19.1 Å². The van der Waals surface area contributed by atoms with Crippen LogP contribution < -0.4 is 5.32 Å². The van der Waals surface area contributed by atoms with Gasteiger partial charge in [0, 0.05) is 6.54 Å². The first-order valence-corrected chi connectivity index (χ1v) is 5.03. The van der Waals surface area contributed by atoms with Crippen molar-refractivity contribution in [3.8, 4) is 0 Å². The van der Waals surface area contributed by atoms with Crippen LogP contribution in [0, 0.1) is 0 Å². The van der Waals surface area contributed by atoms with Gasteiger partial charge in [-0.05, 0) is 11.6 Å². The summed E-state index contributed by atoms with van der Waals surface area (Å²) >= 11 is 0. The highest BCUT2D eigenvalue weighted by molar-refractivity contribution is 5.77. The maximum absolute atomic E-state index is 12.7. The average molecular weight is 245 g/mol. The fourth-order valence-electron chi connectivity index (χ4n) is 1.73. The Balaban J connectivity index is 2.29. The summed E-state index contributed by atoms with van der Waals surface area (Å²) in [6.07, 6.45) is -5.16. The van der Waals surface area contributed by atoms with E-state index in [-0.39, 0.29) is 24.6 Å². The summed E-state index contributed by atoms with van der Waals surface area (Å²) in [6, 6.07) is 5.22. The molecule has 0 aliphatic carbocycles. The molecule has 3 nitrogen and oxygen atoms in total. The lowest BCUT2D eigenvalue weighted by atomic mass is 10.0. The molecule has 0 saturated carbocycles. The number of morpholine rings is 1. The van der Waals surface area contributed by atoms with Crippen LogP contribution in [0.2, 0.25) is 0 Å². The summed E-state index contributed by atoms with van der Waals surface area (Å²) in [5, 5.41) is 2.48. The highest BCUT2D eigenvalue weighted by Crippen LogP contribution is 2.35. The molecule has 17 heavy (non-hydrogen) atoms. The minimum Gasteiger partial charge on any atom is -0.362 e. The number of benzene rings is 1. The molecule has 6 heteroatoms. The third kappa shape index (κ3) is 2.58. The summed E-state index contributed by atoms with van der Waals surface area (Å²) in [6.45, 7) is -0.150. The molecule has 1 heterocycles. The van der Waals surface area contributed by atoms with E-state index in [1.54, 1.807) is 0 Å². The number of halogens is 3. The second kappa shape index (κ2) is 4.37. The van der Waals surface area contributed by atoms with Gasteiger partial charge >= 0.3 is 6.18 Å². The molecule has 0 unspecified atom stereocenters. The number of amides is 1. The Labute approximate surface area is 95.6 Å². The molecule has 1 aromatic carbocycles. The number of alkyl halides is 3. The van der Waals surface area contributed by atoms with E-state index in [2.05, 4.69) is 5.32 Å². The van der Waals surface area contributed by atoms with Crippen molar-refractivity contribution in [2.75, 3.05) is 13.2 Å². The van der Waals surface area contributed by atoms with Crippen LogP contribution in [0.4, 0.5) is 13.2 Å². The quantitative estimate of drug-likeness (QED) is 0.820. The fourth-order valence-corrected chi connectivity index (χ4v) is 1.73. The summed E-state index contributed by atoms with van der Waals surface area (Å²) in [5.41, 5.74) is -0.666. The lowest BCUT2D eigenvalue weighted by Crippen LogP contribution is -2.39. The SMILES string of the molecule is O=C1CO[C@H](c2ccccc2C(F)(F)F)CN1. The van der Waals surface area contributed by atoms with Gasteiger partial charge in [0.2, 0.25) is 5.91 Å². The van der Waals surface area contributed by atoms with Crippen LogP contribution in [0.25, 0.3) is 0 Å². The van der Waals surface area contributed by atoms with Crippen LogP contribution in [0.1, 0.15) is 17.2 Å². The predicted molar refractivity (Wildman–Crippen MR) is 53.1 cm³/mol. The maximum Gasteiger partial charge on any atom is 0.416 e. The number of hydrogen-bond acceptors (Lipinski definition) is 2. The van der Waals surface area contributed by atoms with Crippen molar-refractivity contribution >= 4 is 5.91 Å². The largest absolute Gasteiger partial charge is 0.416 e. The van der Waals surface area contributed by atoms with Gasteiger partial charge in [0.1, 0.15) is 12.7 Å². The van der Waals surface area contributed by atoms with Gasteiger partial charge in [-0.3, -0.25) is 4.79 Å². The zero-order valence-corrected chi connectivity index (χ0v) is 8.75. The van der Waals surface area contributed by atoms with Gasteiger partial charge in [-0.2, -0.15) is 13.2 Å². The molecule has 1 N–H and O–H groups in total. The fraction of sp³-hybridized carbons (Fsp3) is 0.364. The number of nitrogens with one attached hydrogen (secondary N) is 1. The molecule has 1 aliphatic heterocycles. The van der Waals surface area contributed by atoms with Crippen LogP contribution in [-0.2, 0) is 15.7 Å². The Morgan fingerprint density at radius 2 is 2.00 bits per heavy atom. The van der Waals surface area contributed by atoms with E-state index in [1.165, 1.54) is 18.2 Å². The van der Waals surface area contributed by atoms with E-state index in [0.717, 1.165) is 6.07 Å². The molecule has 1 amide bonds. The van der Waals surface area contributed by atoms with Gasteiger partial charge in [0.05, 0.1) is 5.56 Å². The Morgan fingerprint density at radius 3 is 2.59 bits per heavy atom. The molecule has 1 aromatic rings. The second-order valence-electron chi connectivity index (χ2n) is 3.69. The van der Waals surface area contributed by atoms with Crippen LogP contribution in [0.15, 0.2) is 24.3 Å². The Bertz CT molecular complexity index is 421. The minimum absolute atomic E-state index is 0.0556. The number of hydrogen-bond donors (Lipinski definition) is 1. The molecular formula is C11H10F3NO2. The van der Waals surface area contributed by atoms with E-state index < -0.39 is 17.8 Å². The molecule has 2 rings (SSSR count). The first-order valence-electron chi connectivity index (χ1n) is 5.03. The van der Waals surface area contributed by atoms with Crippen molar-refractivity contribution in [3.05, 3.63) is 35.4 Å². The highest BCUT2D eigenvalue weighted by atomic mass is 19.4. The van der Waals surface area contributed by atoms with Crippen molar-refractivity contribution < 1.29 is 22.7 Å². The van der Waals surface area contributed by atoms with Gasteiger partial charge < -0.3 is 10.1 Å². The Hall–Kier alpha value is -1.56. The van der Waals surface area contributed by atoms with Gasteiger partial charge in [0.15, 0.2) is 0 Å². The van der Waals surface area contributed by atoms with E-state index in [4.69, 9.17) is 4.74 Å². The third-order valence-electron chi connectivity index (χ3n) is 2.51. The number of carbonyl (C=O) groups is 1. The molecule has 0 radical (unpaired) electrons. The van der Waals surface area contributed by atoms with E-state index >= 15 is 0 Å². The van der Waals surface area contributed by atoms with Crippen molar-refractivity contribution in [1.29, 1.82) is 0 Å². The van der Waals surface area contributed by atoms with Crippen molar-refractivity contribution in [2.24, 2.45) is 0 Å². The lowest BCUT2D eigenvalue weighted by Gasteiger charge is -2.25. The number of ether oxygens (including phenoxy) is 1. The average Bonchev–Trinajstić information content (AvgIpc) is 2.29. The van der Waals surface area contributed by atoms with Crippen LogP contribution >= 0.6 is 0 Å². The first kappa shape index (κ1) is 11.9. The molecule has 0 bridgehead atoms. The van der Waals surface area contributed by atoms with Gasteiger partial charge in [0.25, 0.3) is 0 Å². The predicted octanol–water partition coefficient (Wildman–Crippen LogP) is 1.89. The van der Waals surface area contributed by atoms with Crippen LogP contribution in [0.3, 0.4) is 0 Å². The zero-order chi connectivity index (χ0) is 12.5. The Kier molecular flexibility index (Phi) is 3.06. The summed E-state index contributed by atoms with van der Waals surface area (Å²) in [4.78, 5) is 10.9. The normalized spacial score (nSPS) is 21.1. The minimum atomic E-state index is -4.42. The van der Waals surface area contributed by atoms with Crippen molar-refractivity contribution in [2.45, 2.75) is 12.3 Å². The highest BCUT2D eigenvalue weighted by Gasteiger charge is 2.36. The zero-order valence-electron chi connectivity index (χ0n) is 8.75. The maximum atomic E-state index is 12.7. The first-order chi connectivity index (χ1) is 7.98. The van der Waals surface area contributed by atoms with Crippen LogP contribution in [0.5, 0.6) is 0 Å². The molecule has 1 aliphatic rings. The monoisotopic (exact) mass is 245 g/mol. The molecular weight excluding hydrogens is 235 g/mol. The summed E-state index contributed by atoms with van der Waals surface area (Å²) in [7, 11) is 0. The second-order valence-corrected chi connectivity index (χ2v) is 3.69. The third-order valence-corrected chi connectivity index (χ3v) is 2.51. The molecule has 1 fully saturated rings. The Morgan fingerprint density at radius 1 is 1.29 bits per heavy atom. The summed E-state index contributed by atoms with van der Waals surface area (Å²) in [5.74, 6) is -0.314. The van der Waals surface area contributed by atoms with E-state index in [0.29, 0.717) is 0 Å². The van der Waals surface area contributed by atoms with E-state index in [1.807, 2.05) is 0 Å². The topological polar surface area (TPSA) is 38.3 Å². The van der Waals surface area contributed by atoms with Gasteiger partial charge in [-0.1, -0.05) is 18.2 Å². The van der Waals surface area contributed by atoms with E-state index in [9.17, 15) is 18.0 Å². The van der Waals surface area contributed by atoms with Gasteiger partial charge in [-0.25, -0.2) is 0 Å². The van der Waals surface area contributed by atoms with Crippen molar-refractivity contribution in [3.63, 3.8) is 0 Å². The molecule has 1 saturated heterocycles.